The van der Waals surface area contributed by atoms with Crippen LogP contribution < -0.4 is 14.4 Å². The standard InChI is InChI=1S/C19H20N4O2/c1-24-16-7-3-5-14(17(16)25-2)13-8-10-23(11-13)19-15-6-4-9-20-18(15)21-12-22-19/h3-7,9,12-13H,8,10-11H2,1-2H3. The van der Waals surface area contributed by atoms with Crippen molar-refractivity contribution in [1.82, 2.24) is 15.0 Å². The Labute approximate surface area is 146 Å². The van der Waals surface area contributed by atoms with Crippen LogP contribution in [0.4, 0.5) is 5.82 Å². The van der Waals surface area contributed by atoms with E-state index < -0.39 is 0 Å². The number of ether oxygens (including phenoxy) is 2. The Kier molecular flexibility index (Phi) is 4.09. The van der Waals surface area contributed by atoms with Crippen LogP contribution in [-0.2, 0) is 0 Å². The van der Waals surface area contributed by atoms with Crippen LogP contribution in [-0.4, -0.2) is 42.3 Å². The predicted octanol–water partition coefficient (Wildman–Crippen LogP) is 3.04. The summed E-state index contributed by atoms with van der Waals surface area (Å²) in [5.41, 5.74) is 1.91. The van der Waals surface area contributed by atoms with E-state index in [1.165, 1.54) is 5.56 Å². The molecular formula is C19H20N4O2. The van der Waals surface area contributed by atoms with Crippen LogP contribution in [0.1, 0.15) is 17.9 Å². The minimum atomic E-state index is 0.367. The van der Waals surface area contributed by atoms with E-state index in [2.05, 4.69) is 25.9 Å². The van der Waals surface area contributed by atoms with Crippen LogP contribution >= 0.6 is 0 Å². The number of hydrogen-bond acceptors (Lipinski definition) is 6. The van der Waals surface area contributed by atoms with Crippen molar-refractivity contribution in [2.45, 2.75) is 12.3 Å². The average Bonchev–Trinajstić information content (AvgIpc) is 3.16. The Morgan fingerprint density at radius 3 is 2.80 bits per heavy atom. The Bertz CT molecular complexity index is 894. The van der Waals surface area contributed by atoms with Crippen molar-refractivity contribution in [3.63, 3.8) is 0 Å². The summed E-state index contributed by atoms with van der Waals surface area (Å²) in [6.07, 6.45) is 4.38. The Morgan fingerprint density at radius 1 is 1.04 bits per heavy atom. The number of fused-ring (bicyclic) bond motifs is 1. The Morgan fingerprint density at radius 2 is 1.96 bits per heavy atom. The van der Waals surface area contributed by atoms with E-state index in [-0.39, 0.29) is 0 Å². The summed E-state index contributed by atoms with van der Waals surface area (Å²) in [4.78, 5) is 15.4. The molecule has 1 atom stereocenters. The van der Waals surface area contributed by atoms with Gasteiger partial charge >= 0.3 is 0 Å². The summed E-state index contributed by atoms with van der Waals surface area (Å²) in [5, 5.41) is 0.989. The van der Waals surface area contributed by atoms with Crippen molar-refractivity contribution in [2.24, 2.45) is 0 Å². The Hall–Kier alpha value is -2.89. The number of anilines is 1. The first-order chi connectivity index (χ1) is 12.3. The number of aromatic nitrogens is 3. The maximum atomic E-state index is 5.61. The monoisotopic (exact) mass is 336 g/mol. The second-order valence-electron chi connectivity index (χ2n) is 6.09. The van der Waals surface area contributed by atoms with E-state index in [0.29, 0.717) is 5.92 Å². The molecule has 0 radical (unpaired) electrons. The van der Waals surface area contributed by atoms with Crippen LogP contribution in [0.2, 0.25) is 0 Å². The minimum Gasteiger partial charge on any atom is -0.493 e. The zero-order valence-corrected chi connectivity index (χ0v) is 14.3. The molecule has 3 heterocycles. The molecule has 2 aromatic heterocycles. The van der Waals surface area contributed by atoms with Gasteiger partial charge in [-0.3, -0.25) is 0 Å². The number of para-hydroxylation sites is 1. The highest BCUT2D eigenvalue weighted by Gasteiger charge is 2.29. The van der Waals surface area contributed by atoms with Gasteiger partial charge in [-0.15, -0.1) is 0 Å². The van der Waals surface area contributed by atoms with Crippen molar-refractivity contribution >= 4 is 16.9 Å². The fourth-order valence-electron chi connectivity index (χ4n) is 3.57. The number of nitrogens with zero attached hydrogens (tertiary/aromatic N) is 4. The highest BCUT2D eigenvalue weighted by atomic mass is 16.5. The lowest BCUT2D eigenvalue weighted by Crippen LogP contribution is -2.21. The lowest BCUT2D eigenvalue weighted by molar-refractivity contribution is 0.350. The zero-order chi connectivity index (χ0) is 17.2. The molecule has 1 saturated heterocycles. The van der Waals surface area contributed by atoms with E-state index in [0.717, 1.165) is 47.9 Å². The van der Waals surface area contributed by atoms with Gasteiger partial charge in [0.25, 0.3) is 0 Å². The molecule has 25 heavy (non-hydrogen) atoms. The van der Waals surface area contributed by atoms with E-state index in [1.807, 2.05) is 24.3 Å². The van der Waals surface area contributed by atoms with Gasteiger partial charge < -0.3 is 14.4 Å². The van der Waals surface area contributed by atoms with Gasteiger partial charge in [0, 0.05) is 30.8 Å². The molecule has 1 aliphatic rings. The average molecular weight is 336 g/mol. The molecule has 0 amide bonds. The molecule has 0 aliphatic carbocycles. The van der Waals surface area contributed by atoms with Crippen molar-refractivity contribution in [1.29, 1.82) is 0 Å². The van der Waals surface area contributed by atoms with E-state index in [4.69, 9.17) is 9.47 Å². The molecule has 128 valence electrons. The molecule has 0 saturated carbocycles. The van der Waals surface area contributed by atoms with Crippen LogP contribution in [0, 0.1) is 0 Å². The summed E-state index contributed by atoms with van der Waals surface area (Å²) >= 11 is 0. The topological polar surface area (TPSA) is 60.4 Å². The van der Waals surface area contributed by atoms with Gasteiger partial charge in [-0.05, 0) is 24.6 Å². The number of hydrogen-bond donors (Lipinski definition) is 0. The predicted molar refractivity (Wildman–Crippen MR) is 96.5 cm³/mol. The van der Waals surface area contributed by atoms with Gasteiger partial charge in [-0.2, -0.15) is 0 Å². The van der Waals surface area contributed by atoms with Gasteiger partial charge in [0.2, 0.25) is 0 Å². The smallest absolute Gasteiger partial charge is 0.164 e. The summed E-state index contributed by atoms with van der Waals surface area (Å²) < 4.78 is 11.0. The molecule has 0 spiro atoms. The quantitative estimate of drug-likeness (QED) is 0.730. The molecule has 1 unspecified atom stereocenters. The number of methoxy groups -OCH3 is 2. The largest absolute Gasteiger partial charge is 0.493 e. The maximum absolute atomic E-state index is 5.61. The number of pyridine rings is 1. The van der Waals surface area contributed by atoms with Crippen LogP contribution in [0.25, 0.3) is 11.0 Å². The van der Waals surface area contributed by atoms with Crippen molar-refractivity contribution < 1.29 is 9.47 Å². The highest BCUT2D eigenvalue weighted by Crippen LogP contribution is 2.40. The lowest BCUT2D eigenvalue weighted by Gasteiger charge is -2.20. The molecule has 6 nitrogen and oxygen atoms in total. The third kappa shape index (κ3) is 2.73. The lowest BCUT2D eigenvalue weighted by atomic mass is 9.97. The van der Waals surface area contributed by atoms with E-state index in [1.54, 1.807) is 26.7 Å². The van der Waals surface area contributed by atoms with Crippen molar-refractivity contribution in [2.75, 3.05) is 32.2 Å². The third-order valence-electron chi connectivity index (χ3n) is 4.75. The fraction of sp³-hybridized carbons (Fsp3) is 0.316. The second-order valence-corrected chi connectivity index (χ2v) is 6.09. The summed E-state index contributed by atoms with van der Waals surface area (Å²) in [6, 6.07) is 10.0. The van der Waals surface area contributed by atoms with Crippen molar-refractivity contribution in [3.05, 3.63) is 48.4 Å². The maximum Gasteiger partial charge on any atom is 0.164 e. The first-order valence-corrected chi connectivity index (χ1v) is 8.33. The minimum absolute atomic E-state index is 0.367. The highest BCUT2D eigenvalue weighted by molar-refractivity contribution is 5.86. The molecular weight excluding hydrogens is 316 g/mol. The SMILES string of the molecule is COc1cccc(C2CCN(c3ncnc4ncccc34)C2)c1OC. The van der Waals surface area contributed by atoms with Crippen LogP contribution in [0.3, 0.4) is 0 Å². The molecule has 0 bridgehead atoms. The van der Waals surface area contributed by atoms with Crippen LogP contribution in [0.15, 0.2) is 42.9 Å². The van der Waals surface area contributed by atoms with Crippen molar-refractivity contribution in [3.8, 4) is 11.5 Å². The second kappa shape index (κ2) is 6.55. The normalized spacial score (nSPS) is 17.0. The van der Waals surface area contributed by atoms with Gasteiger partial charge in [0.15, 0.2) is 17.1 Å². The Balaban J connectivity index is 1.66. The summed E-state index contributed by atoms with van der Waals surface area (Å²) in [6.45, 7) is 1.82. The number of rotatable bonds is 4. The van der Waals surface area contributed by atoms with Crippen LogP contribution in [0.5, 0.6) is 11.5 Å². The molecule has 1 aromatic carbocycles. The van der Waals surface area contributed by atoms with Gasteiger partial charge in [-0.25, -0.2) is 15.0 Å². The molecule has 3 aromatic rings. The molecule has 1 aliphatic heterocycles. The summed E-state index contributed by atoms with van der Waals surface area (Å²) in [5.74, 6) is 2.91. The summed E-state index contributed by atoms with van der Waals surface area (Å²) in [7, 11) is 3.36. The fourth-order valence-corrected chi connectivity index (χ4v) is 3.57. The molecule has 4 rings (SSSR count). The molecule has 0 N–H and O–H groups in total. The van der Waals surface area contributed by atoms with Gasteiger partial charge in [-0.1, -0.05) is 12.1 Å². The first kappa shape index (κ1) is 15.6. The third-order valence-corrected chi connectivity index (χ3v) is 4.75. The van der Waals surface area contributed by atoms with Gasteiger partial charge in [0.05, 0.1) is 19.6 Å². The van der Waals surface area contributed by atoms with Gasteiger partial charge in [0.1, 0.15) is 12.1 Å². The first-order valence-electron chi connectivity index (χ1n) is 8.33. The molecule has 1 fully saturated rings. The van der Waals surface area contributed by atoms with E-state index >= 15 is 0 Å². The zero-order valence-electron chi connectivity index (χ0n) is 14.3. The number of benzene rings is 1. The molecule has 6 heteroatoms. The van der Waals surface area contributed by atoms with E-state index in [9.17, 15) is 0 Å².